The molecule has 0 saturated heterocycles. The molecule has 6 heteroatoms. The fraction of sp³-hybridized carbons (Fsp3) is 0. The van der Waals surface area contributed by atoms with Gasteiger partial charge in [0.05, 0.1) is 16.7 Å². The van der Waals surface area contributed by atoms with Crippen molar-refractivity contribution in [3.05, 3.63) is 71.0 Å². The molecule has 0 radical (unpaired) electrons. The van der Waals surface area contributed by atoms with Crippen LogP contribution in [0, 0.1) is 5.82 Å². The summed E-state index contributed by atoms with van der Waals surface area (Å²) in [6.07, 6.45) is 0. The maximum absolute atomic E-state index is 13.1. The van der Waals surface area contributed by atoms with Crippen LogP contribution >= 0.6 is 0 Å². The van der Waals surface area contributed by atoms with E-state index in [9.17, 15) is 18.8 Å². The number of carbonyl (C=O) groups excluding carboxylic acids is 3. The van der Waals surface area contributed by atoms with Gasteiger partial charge in [-0.1, -0.05) is 23.3 Å². The topological polar surface area (TPSA) is 63.7 Å². The van der Waals surface area contributed by atoms with Gasteiger partial charge in [0.1, 0.15) is 5.82 Å². The number of amides is 2. The quantitative estimate of drug-likeness (QED) is 0.793. The summed E-state index contributed by atoms with van der Waals surface area (Å²) in [7, 11) is 0. The van der Waals surface area contributed by atoms with E-state index in [4.69, 9.17) is 4.84 Å². The molecule has 0 atom stereocenters. The lowest BCUT2D eigenvalue weighted by molar-refractivity contribution is -0.0584. The normalized spacial score (nSPS) is 13.3. The molecule has 1 aliphatic rings. The van der Waals surface area contributed by atoms with Crippen LogP contribution in [0.25, 0.3) is 0 Å². The maximum atomic E-state index is 13.1. The third-order valence-electron chi connectivity index (χ3n) is 2.99. The molecule has 0 spiro atoms. The Hall–Kier alpha value is -3.02. The second-order valence-electron chi connectivity index (χ2n) is 4.34. The Labute approximate surface area is 118 Å². The van der Waals surface area contributed by atoms with Crippen molar-refractivity contribution in [2.24, 2.45) is 0 Å². The molecule has 0 aliphatic carbocycles. The molecule has 2 aromatic carbocycles. The van der Waals surface area contributed by atoms with Crippen molar-refractivity contribution >= 4 is 17.8 Å². The van der Waals surface area contributed by atoms with Gasteiger partial charge in [0.2, 0.25) is 0 Å². The second kappa shape index (κ2) is 4.82. The summed E-state index contributed by atoms with van der Waals surface area (Å²) < 4.78 is 13.1. The van der Waals surface area contributed by atoms with Crippen molar-refractivity contribution in [2.45, 2.75) is 0 Å². The third-order valence-corrected chi connectivity index (χ3v) is 2.99. The summed E-state index contributed by atoms with van der Waals surface area (Å²) in [6.45, 7) is 0. The number of rotatable bonds is 2. The van der Waals surface area contributed by atoms with Gasteiger partial charge in [-0.25, -0.2) is 9.18 Å². The monoisotopic (exact) mass is 285 g/mol. The predicted molar refractivity (Wildman–Crippen MR) is 68.8 cm³/mol. The van der Waals surface area contributed by atoms with Gasteiger partial charge < -0.3 is 4.84 Å². The average Bonchev–Trinajstić information content (AvgIpc) is 2.73. The Balaban J connectivity index is 1.85. The fourth-order valence-corrected chi connectivity index (χ4v) is 2.00. The van der Waals surface area contributed by atoms with Crippen LogP contribution in [-0.4, -0.2) is 22.8 Å². The number of nitrogens with zero attached hydrogens (tertiary/aromatic N) is 1. The van der Waals surface area contributed by atoms with Gasteiger partial charge in [-0.3, -0.25) is 9.59 Å². The molecule has 0 unspecified atom stereocenters. The summed E-state index contributed by atoms with van der Waals surface area (Å²) >= 11 is 0. The van der Waals surface area contributed by atoms with Crippen LogP contribution in [0.15, 0.2) is 48.5 Å². The number of carbonyl (C=O) groups is 3. The average molecular weight is 285 g/mol. The number of benzene rings is 2. The first-order valence-electron chi connectivity index (χ1n) is 6.03. The minimum Gasteiger partial charge on any atom is -0.324 e. The minimum atomic E-state index is -0.982. The zero-order valence-corrected chi connectivity index (χ0v) is 10.6. The first kappa shape index (κ1) is 13.0. The van der Waals surface area contributed by atoms with Crippen molar-refractivity contribution in [3.8, 4) is 0 Å². The van der Waals surface area contributed by atoms with Gasteiger partial charge in [0, 0.05) is 0 Å². The Morgan fingerprint density at radius 3 is 2.14 bits per heavy atom. The van der Waals surface area contributed by atoms with Crippen LogP contribution in [0.2, 0.25) is 0 Å². The maximum Gasteiger partial charge on any atom is 0.364 e. The van der Waals surface area contributed by atoms with E-state index in [1.54, 1.807) is 12.1 Å². The number of hydrogen-bond donors (Lipinski definition) is 0. The van der Waals surface area contributed by atoms with Crippen LogP contribution in [0.5, 0.6) is 0 Å². The van der Waals surface area contributed by atoms with Crippen molar-refractivity contribution < 1.29 is 23.6 Å². The van der Waals surface area contributed by atoms with Gasteiger partial charge in [-0.2, -0.15) is 0 Å². The molecule has 0 saturated carbocycles. The highest BCUT2D eigenvalue weighted by molar-refractivity contribution is 6.21. The van der Waals surface area contributed by atoms with E-state index in [1.807, 2.05) is 0 Å². The first-order chi connectivity index (χ1) is 10.1. The highest BCUT2D eigenvalue weighted by Gasteiger charge is 2.38. The van der Waals surface area contributed by atoms with Gasteiger partial charge >= 0.3 is 5.97 Å². The smallest absolute Gasteiger partial charge is 0.324 e. The standard InChI is InChI=1S/C15H8FNO4/c16-10-5-3-4-9(8-10)15(20)21-17-13(18)11-6-1-2-7-12(11)14(17)19/h1-8H. The molecule has 2 amide bonds. The van der Waals surface area contributed by atoms with Crippen LogP contribution in [0.4, 0.5) is 4.39 Å². The number of hydrogen-bond acceptors (Lipinski definition) is 4. The largest absolute Gasteiger partial charge is 0.364 e. The molecule has 1 heterocycles. The summed E-state index contributed by atoms with van der Waals surface area (Å²) in [5, 5.41) is 0.387. The summed E-state index contributed by atoms with van der Waals surface area (Å²) in [4.78, 5) is 40.6. The second-order valence-corrected chi connectivity index (χ2v) is 4.34. The van der Waals surface area contributed by atoms with Gasteiger partial charge in [0.15, 0.2) is 0 Å². The SMILES string of the molecule is O=C(ON1C(=O)c2ccccc2C1=O)c1cccc(F)c1. The lowest BCUT2D eigenvalue weighted by Gasteiger charge is -2.12. The lowest BCUT2D eigenvalue weighted by atomic mass is 10.1. The Morgan fingerprint density at radius 1 is 0.952 bits per heavy atom. The Morgan fingerprint density at radius 2 is 1.57 bits per heavy atom. The zero-order valence-electron chi connectivity index (χ0n) is 10.6. The molecule has 0 fully saturated rings. The molecule has 2 aromatic rings. The van der Waals surface area contributed by atoms with Crippen molar-refractivity contribution in [3.63, 3.8) is 0 Å². The molecule has 0 N–H and O–H groups in total. The predicted octanol–water partition coefficient (Wildman–Crippen LogP) is 2.19. The highest BCUT2D eigenvalue weighted by Crippen LogP contribution is 2.23. The van der Waals surface area contributed by atoms with E-state index in [0.29, 0.717) is 5.06 Å². The molecular formula is C15H8FNO4. The van der Waals surface area contributed by atoms with Crippen LogP contribution in [-0.2, 0) is 4.84 Å². The Bertz CT molecular complexity index is 737. The van der Waals surface area contributed by atoms with Crippen LogP contribution < -0.4 is 0 Å². The number of imide groups is 1. The zero-order chi connectivity index (χ0) is 15.0. The Kier molecular flexibility index (Phi) is 2.98. The molecule has 3 rings (SSSR count). The van der Waals surface area contributed by atoms with Gasteiger partial charge in [-0.15, -0.1) is 0 Å². The van der Waals surface area contributed by atoms with Crippen molar-refractivity contribution in [1.82, 2.24) is 5.06 Å². The molecule has 0 bridgehead atoms. The van der Waals surface area contributed by atoms with Crippen LogP contribution in [0.1, 0.15) is 31.1 Å². The summed E-state index contributed by atoms with van der Waals surface area (Å²) in [6, 6.07) is 10.9. The van der Waals surface area contributed by atoms with E-state index in [1.165, 1.54) is 30.3 Å². The van der Waals surface area contributed by atoms with E-state index in [0.717, 1.165) is 6.07 Å². The number of hydroxylamine groups is 2. The van der Waals surface area contributed by atoms with Crippen LogP contribution in [0.3, 0.4) is 0 Å². The van der Waals surface area contributed by atoms with Gasteiger partial charge in [-0.05, 0) is 30.3 Å². The molecule has 5 nitrogen and oxygen atoms in total. The summed E-state index contributed by atoms with van der Waals surface area (Å²) in [5.74, 6) is -3.04. The fourth-order valence-electron chi connectivity index (χ4n) is 2.00. The van der Waals surface area contributed by atoms with E-state index in [2.05, 4.69) is 0 Å². The molecule has 104 valence electrons. The lowest BCUT2D eigenvalue weighted by Crippen LogP contribution is -2.32. The van der Waals surface area contributed by atoms with Crippen molar-refractivity contribution in [1.29, 1.82) is 0 Å². The van der Waals surface area contributed by atoms with E-state index in [-0.39, 0.29) is 16.7 Å². The minimum absolute atomic E-state index is 0.0912. The number of fused-ring (bicyclic) bond motifs is 1. The number of halogens is 1. The van der Waals surface area contributed by atoms with Gasteiger partial charge in [0.25, 0.3) is 11.8 Å². The third kappa shape index (κ3) is 2.16. The molecule has 21 heavy (non-hydrogen) atoms. The summed E-state index contributed by atoms with van der Waals surface area (Å²) in [5.41, 5.74) is 0.232. The van der Waals surface area contributed by atoms with Crippen molar-refractivity contribution in [2.75, 3.05) is 0 Å². The highest BCUT2D eigenvalue weighted by atomic mass is 19.1. The molecular weight excluding hydrogens is 277 g/mol. The molecule has 0 aromatic heterocycles. The van der Waals surface area contributed by atoms with E-state index >= 15 is 0 Å². The molecule has 1 aliphatic heterocycles. The van der Waals surface area contributed by atoms with E-state index < -0.39 is 23.6 Å². The first-order valence-corrected chi connectivity index (χ1v) is 6.03.